The van der Waals surface area contributed by atoms with Gasteiger partial charge >= 0.3 is 0 Å². The number of amides is 4. The summed E-state index contributed by atoms with van der Waals surface area (Å²) in [5, 5.41) is 10.2. The van der Waals surface area contributed by atoms with Crippen LogP contribution in [-0.4, -0.2) is 72.7 Å². The lowest BCUT2D eigenvalue weighted by atomic mass is 9.94. The number of carbonyl (C=O) groups excluding carboxylic acids is 4. The number of rotatable bonds is 14. The molecule has 0 radical (unpaired) electrons. The molecular formula is C35H36N4O4. The molecule has 2 N–H and O–H groups in total. The van der Waals surface area contributed by atoms with E-state index in [4.69, 9.17) is 0 Å². The van der Waals surface area contributed by atoms with Gasteiger partial charge in [-0.25, -0.2) is 0 Å². The minimum absolute atomic E-state index is 0.209. The molecule has 0 fully saturated rings. The summed E-state index contributed by atoms with van der Waals surface area (Å²) in [5.41, 5.74) is 2.41. The van der Waals surface area contributed by atoms with Gasteiger partial charge in [-0.05, 0) is 86.9 Å². The van der Waals surface area contributed by atoms with Gasteiger partial charge in [-0.2, -0.15) is 0 Å². The largest absolute Gasteiger partial charge is 0.317 e. The van der Waals surface area contributed by atoms with Gasteiger partial charge in [-0.15, -0.1) is 0 Å². The third kappa shape index (κ3) is 5.68. The van der Waals surface area contributed by atoms with Crippen LogP contribution in [0.2, 0.25) is 0 Å². The molecule has 0 spiro atoms. The van der Waals surface area contributed by atoms with Crippen LogP contribution in [0.3, 0.4) is 0 Å². The van der Waals surface area contributed by atoms with Crippen molar-refractivity contribution in [3.63, 3.8) is 0 Å². The normalized spacial score (nSPS) is 14.4. The van der Waals surface area contributed by atoms with Crippen LogP contribution < -0.4 is 10.6 Å². The highest BCUT2D eigenvalue weighted by atomic mass is 16.2. The van der Waals surface area contributed by atoms with Gasteiger partial charge in [0.15, 0.2) is 0 Å². The molecule has 4 aromatic carbocycles. The van der Waals surface area contributed by atoms with Crippen molar-refractivity contribution in [1.82, 2.24) is 20.4 Å². The fraction of sp³-hybridized carbons (Fsp3) is 0.314. The standard InChI is InChI=1S/C35H36N4O4/c40-32-26-14-4-10-24-11-5-15-27(30(24)26)33(41)38(32)22-8-20-36-18-2-1-3-19-37-21-9-23-39-34(42)28-16-6-12-25-13-7-17-29(31(25)28)35(39)43/h4-7,10-17,36-37H,1-3,8-9,18-23H2. The zero-order valence-electron chi connectivity index (χ0n) is 24.2. The molecule has 4 amide bonds. The molecule has 0 saturated heterocycles. The SMILES string of the molecule is O=C1c2cccc3cccc(c23)C(=O)N1CCCNCCCCCNCCCN1C(=O)c2cccc3cccc(c23)C1=O. The third-order valence-corrected chi connectivity index (χ3v) is 8.39. The van der Waals surface area contributed by atoms with Crippen LogP contribution in [0, 0.1) is 0 Å². The Kier molecular flexibility index (Phi) is 8.58. The highest BCUT2D eigenvalue weighted by Crippen LogP contribution is 2.31. The van der Waals surface area contributed by atoms with Crippen molar-refractivity contribution >= 4 is 45.2 Å². The molecule has 0 unspecified atom stereocenters. The van der Waals surface area contributed by atoms with Crippen molar-refractivity contribution in [2.24, 2.45) is 0 Å². The number of nitrogens with one attached hydrogen (secondary N) is 2. The van der Waals surface area contributed by atoms with E-state index in [9.17, 15) is 19.2 Å². The maximum atomic E-state index is 13.0. The molecular weight excluding hydrogens is 540 g/mol. The van der Waals surface area contributed by atoms with Gasteiger partial charge in [0.25, 0.3) is 23.6 Å². The molecule has 8 heteroatoms. The molecule has 2 aliphatic heterocycles. The van der Waals surface area contributed by atoms with E-state index in [2.05, 4.69) is 10.6 Å². The Labute approximate surface area is 251 Å². The number of hydrogen-bond acceptors (Lipinski definition) is 6. The average molecular weight is 577 g/mol. The van der Waals surface area contributed by atoms with Crippen LogP contribution in [0.1, 0.15) is 73.5 Å². The van der Waals surface area contributed by atoms with E-state index >= 15 is 0 Å². The van der Waals surface area contributed by atoms with Crippen molar-refractivity contribution in [1.29, 1.82) is 0 Å². The first kappa shape index (κ1) is 28.7. The molecule has 8 nitrogen and oxygen atoms in total. The van der Waals surface area contributed by atoms with Gasteiger partial charge in [0.2, 0.25) is 0 Å². The summed E-state index contributed by atoms with van der Waals surface area (Å²) >= 11 is 0. The first-order valence-electron chi connectivity index (χ1n) is 15.2. The number of imide groups is 2. The second kappa shape index (κ2) is 12.9. The lowest BCUT2D eigenvalue weighted by Crippen LogP contribution is -2.41. The molecule has 0 saturated carbocycles. The summed E-state index contributed by atoms with van der Waals surface area (Å²) in [5.74, 6) is -0.837. The van der Waals surface area contributed by atoms with Crippen LogP contribution in [0.25, 0.3) is 21.5 Å². The van der Waals surface area contributed by atoms with Gasteiger partial charge in [0.1, 0.15) is 0 Å². The van der Waals surface area contributed by atoms with E-state index in [-0.39, 0.29) is 23.6 Å². The van der Waals surface area contributed by atoms with Crippen molar-refractivity contribution in [3.8, 4) is 0 Å². The van der Waals surface area contributed by atoms with Crippen molar-refractivity contribution in [2.75, 3.05) is 39.3 Å². The lowest BCUT2D eigenvalue weighted by Gasteiger charge is -2.27. The monoisotopic (exact) mass is 576 g/mol. The zero-order chi connectivity index (χ0) is 29.8. The predicted molar refractivity (Wildman–Crippen MR) is 167 cm³/mol. The van der Waals surface area contributed by atoms with Crippen LogP contribution in [-0.2, 0) is 0 Å². The highest BCUT2D eigenvalue weighted by Gasteiger charge is 2.33. The predicted octanol–water partition coefficient (Wildman–Crippen LogP) is 5.01. The smallest absolute Gasteiger partial charge is 0.261 e. The fourth-order valence-electron chi connectivity index (χ4n) is 6.22. The van der Waals surface area contributed by atoms with Crippen molar-refractivity contribution in [2.45, 2.75) is 32.1 Å². The molecule has 220 valence electrons. The maximum absolute atomic E-state index is 13.0. The number of carbonyl (C=O) groups is 4. The average Bonchev–Trinajstić information content (AvgIpc) is 3.03. The molecule has 2 aliphatic rings. The van der Waals surface area contributed by atoms with E-state index in [0.29, 0.717) is 48.2 Å². The van der Waals surface area contributed by atoms with E-state index in [1.54, 1.807) is 24.3 Å². The third-order valence-electron chi connectivity index (χ3n) is 8.39. The fourth-order valence-corrected chi connectivity index (χ4v) is 6.22. The minimum atomic E-state index is -0.209. The second-order valence-electron chi connectivity index (χ2n) is 11.2. The topological polar surface area (TPSA) is 98.8 Å². The quantitative estimate of drug-likeness (QED) is 0.162. The summed E-state index contributed by atoms with van der Waals surface area (Å²) in [6.07, 6.45) is 4.58. The van der Waals surface area contributed by atoms with Crippen molar-refractivity contribution < 1.29 is 19.2 Å². The summed E-state index contributed by atoms with van der Waals surface area (Å²) in [4.78, 5) is 54.7. The lowest BCUT2D eigenvalue weighted by molar-refractivity contribution is 0.0593. The molecule has 4 aromatic rings. The van der Waals surface area contributed by atoms with E-state index in [1.807, 2.05) is 48.5 Å². The van der Waals surface area contributed by atoms with Crippen LogP contribution in [0.5, 0.6) is 0 Å². The number of nitrogens with zero attached hydrogens (tertiary/aromatic N) is 2. The molecule has 0 aromatic heterocycles. The Morgan fingerprint density at radius 1 is 0.419 bits per heavy atom. The summed E-state index contributed by atoms with van der Waals surface area (Å²) in [7, 11) is 0. The van der Waals surface area contributed by atoms with Gasteiger partial charge in [-0.3, -0.25) is 29.0 Å². The van der Waals surface area contributed by atoms with Gasteiger partial charge in [-0.1, -0.05) is 55.0 Å². The summed E-state index contributed by atoms with van der Waals surface area (Å²) in [6.45, 7) is 4.06. The van der Waals surface area contributed by atoms with E-state index in [0.717, 1.165) is 67.0 Å². The Hall–Kier alpha value is -4.40. The maximum Gasteiger partial charge on any atom is 0.261 e. The van der Waals surface area contributed by atoms with Gasteiger partial charge < -0.3 is 10.6 Å². The summed E-state index contributed by atoms with van der Waals surface area (Å²) < 4.78 is 0. The van der Waals surface area contributed by atoms with Gasteiger partial charge in [0.05, 0.1) is 0 Å². The number of unbranched alkanes of at least 4 members (excludes halogenated alkanes) is 2. The molecule has 0 atom stereocenters. The van der Waals surface area contributed by atoms with Crippen LogP contribution in [0.15, 0.2) is 72.8 Å². The van der Waals surface area contributed by atoms with Crippen molar-refractivity contribution in [3.05, 3.63) is 95.1 Å². The van der Waals surface area contributed by atoms with E-state index in [1.165, 1.54) is 9.80 Å². The Bertz CT molecular complexity index is 1490. The Morgan fingerprint density at radius 2 is 0.744 bits per heavy atom. The second-order valence-corrected chi connectivity index (χ2v) is 11.2. The Morgan fingerprint density at radius 3 is 1.09 bits per heavy atom. The minimum Gasteiger partial charge on any atom is -0.317 e. The molecule has 0 bridgehead atoms. The zero-order valence-corrected chi connectivity index (χ0v) is 24.2. The van der Waals surface area contributed by atoms with Crippen LogP contribution >= 0.6 is 0 Å². The number of hydrogen-bond donors (Lipinski definition) is 2. The molecule has 43 heavy (non-hydrogen) atoms. The first-order valence-corrected chi connectivity index (χ1v) is 15.2. The van der Waals surface area contributed by atoms with E-state index < -0.39 is 0 Å². The van der Waals surface area contributed by atoms with Crippen LogP contribution in [0.4, 0.5) is 0 Å². The van der Waals surface area contributed by atoms with Gasteiger partial charge in [0, 0.05) is 46.1 Å². The molecule has 6 rings (SSSR count). The number of benzene rings is 4. The molecule has 0 aliphatic carbocycles. The first-order chi connectivity index (χ1) is 21.1. The summed E-state index contributed by atoms with van der Waals surface area (Å²) in [6, 6.07) is 22.4. The Balaban J connectivity index is 0.829. The highest BCUT2D eigenvalue weighted by molar-refractivity contribution is 6.26. The molecule has 2 heterocycles.